The van der Waals surface area contributed by atoms with Crippen molar-refractivity contribution in [3.63, 3.8) is 0 Å². The van der Waals surface area contributed by atoms with Crippen LogP contribution in [-0.2, 0) is 14.8 Å². The molecule has 2 atom stereocenters. The number of primary amides is 1. The quantitative estimate of drug-likeness (QED) is 0.766. The monoisotopic (exact) mass is 340 g/mol. The number of anilines is 1. The van der Waals surface area contributed by atoms with Crippen LogP contribution in [0.2, 0.25) is 0 Å². The molecule has 1 saturated heterocycles. The third kappa shape index (κ3) is 4.42. The first-order chi connectivity index (χ1) is 10.8. The molecule has 2 heterocycles. The maximum absolute atomic E-state index is 12.3. The Kier molecular flexibility index (Phi) is 5.59. The molecule has 0 bridgehead atoms. The highest BCUT2D eigenvalue weighted by atomic mass is 32.2. The molecule has 3 N–H and O–H groups in total. The topological polar surface area (TPSA) is 105 Å². The van der Waals surface area contributed by atoms with E-state index in [4.69, 9.17) is 5.73 Å². The number of amides is 1. The van der Waals surface area contributed by atoms with Crippen LogP contribution >= 0.6 is 0 Å². The highest BCUT2D eigenvalue weighted by Gasteiger charge is 2.27. The Morgan fingerprint density at radius 1 is 1.52 bits per heavy atom. The zero-order valence-corrected chi connectivity index (χ0v) is 14.3. The SMILES string of the molecule is CCC[C@H](C)NS(=O)(=O)c1ccc(N2CC[C@@H](C(N)=O)C2)nc1. The summed E-state index contributed by atoms with van der Waals surface area (Å²) in [6, 6.07) is 3.10. The first-order valence-corrected chi connectivity index (χ1v) is 9.34. The third-order valence-electron chi connectivity index (χ3n) is 4.02. The summed E-state index contributed by atoms with van der Waals surface area (Å²) in [7, 11) is -3.55. The summed E-state index contributed by atoms with van der Waals surface area (Å²) in [5.41, 5.74) is 5.32. The highest BCUT2D eigenvalue weighted by Crippen LogP contribution is 2.22. The molecular weight excluding hydrogens is 316 g/mol. The van der Waals surface area contributed by atoms with E-state index < -0.39 is 10.0 Å². The summed E-state index contributed by atoms with van der Waals surface area (Å²) in [5.74, 6) is 0.187. The molecular formula is C15H24N4O3S. The van der Waals surface area contributed by atoms with Crippen LogP contribution in [0.1, 0.15) is 33.1 Å². The Morgan fingerprint density at radius 3 is 2.78 bits per heavy atom. The molecule has 0 radical (unpaired) electrons. The van der Waals surface area contributed by atoms with Crippen LogP contribution in [0.3, 0.4) is 0 Å². The van der Waals surface area contributed by atoms with Crippen LogP contribution in [0.4, 0.5) is 5.82 Å². The smallest absolute Gasteiger partial charge is 0.242 e. The van der Waals surface area contributed by atoms with Crippen LogP contribution in [0.25, 0.3) is 0 Å². The maximum atomic E-state index is 12.3. The van der Waals surface area contributed by atoms with Gasteiger partial charge in [0, 0.05) is 25.3 Å². The van der Waals surface area contributed by atoms with Gasteiger partial charge in [-0.2, -0.15) is 0 Å². The fourth-order valence-electron chi connectivity index (χ4n) is 2.74. The van der Waals surface area contributed by atoms with Crippen LogP contribution in [0, 0.1) is 5.92 Å². The summed E-state index contributed by atoms with van der Waals surface area (Å²) >= 11 is 0. The molecule has 1 aliphatic rings. The lowest BCUT2D eigenvalue weighted by Gasteiger charge is -2.18. The van der Waals surface area contributed by atoms with E-state index in [0.717, 1.165) is 12.8 Å². The van der Waals surface area contributed by atoms with Crippen molar-refractivity contribution < 1.29 is 13.2 Å². The van der Waals surface area contributed by atoms with E-state index in [2.05, 4.69) is 9.71 Å². The molecule has 7 nitrogen and oxygen atoms in total. The van der Waals surface area contributed by atoms with E-state index in [1.165, 1.54) is 6.20 Å². The van der Waals surface area contributed by atoms with Gasteiger partial charge in [0.2, 0.25) is 15.9 Å². The Balaban J connectivity index is 2.06. The lowest BCUT2D eigenvalue weighted by Crippen LogP contribution is -2.32. The number of nitrogens with zero attached hydrogens (tertiary/aromatic N) is 2. The molecule has 0 aromatic carbocycles. The molecule has 23 heavy (non-hydrogen) atoms. The molecule has 1 aliphatic heterocycles. The number of nitrogens with two attached hydrogens (primary N) is 1. The zero-order chi connectivity index (χ0) is 17.0. The van der Waals surface area contributed by atoms with Crippen molar-refractivity contribution in [2.45, 2.75) is 44.0 Å². The molecule has 1 amide bonds. The van der Waals surface area contributed by atoms with Crippen molar-refractivity contribution in [2.75, 3.05) is 18.0 Å². The van der Waals surface area contributed by atoms with Gasteiger partial charge in [0.25, 0.3) is 0 Å². The van der Waals surface area contributed by atoms with Gasteiger partial charge < -0.3 is 10.6 Å². The van der Waals surface area contributed by atoms with Crippen LogP contribution in [0.5, 0.6) is 0 Å². The molecule has 0 aliphatic carbocycles. The molecule has 2 rings (SSSR count). The van der Waals surface area contributed by atoms with Crippen molar-refractivity contribution in [3.8, 4) is 0 Å². The Labute approximate surface area is 137 Å². The predicted octanol–water partition coefficient (Wildman–Crippen LogP) is 0.860. The van der Waals surface area contributed by atoms with Gasteiger partial charge in [-0.25, -0.2) is 18.1 Å². The predicted molar refractivity (Wildman–Crippen MR) is 88.4 cm³/mol. The highest BCUT2D eigenvalue weighted by molar-refractivity contribution is 7.89. The van der Waals surface area contributed by atoms with E-state index in [1.54, 1.807) is 12.1 Å². The molecule has 1 aromatic rings. The molecule has 0 saturated carbocycles. The third-order valence-corrected chi connectivity index (χ3v) is 5.60. The summed E-state index contributed by atoms with van der Waals surface area (Å²) in [5, 5.41) is 0. The molecule has 0 spiro atoms. The van der Waals surface area contributed by atoms with Gasteiger partial charge >= 0.3 is 0 Å². The standard InChI is InChI=1S/C15H24N4O3S/c1-3-4-11(2)18-23(21,22)13-5-6-14(17-9-13)19-8-7-12(10-19)15(16)20/h5-6,9,11-12,18H,3-4,7-8,10H2,1-2H3,(H2,16,20)/t11-,12+/m0/s1. The van der Waals surface area contributed by atoms with E-state index in [0.29, 0.717) is 25.3 Å². The Morgan fingerprint density at radius 2 is 2.26 bits per heavy atom. The number of pyridine rings is 1. The number of sulfonamides is 1. The largest absolute Gasteiger partial charge is 0.369 e. The van der Waals surface area contributed by atoms with Gasteiger partial charge in [-0.1, -0.05) is 13.3 Å². The van der Waals surface area contributed by atoms with E-state index in [-0.39, 0.29) is 22.8 Å². The first-order valence-electron chi connectivity index (χ1n) is 7.86. The lowest BCUT2D eigenvalue weighted by atomic mass is 10.1. The number of hydrogen-bond donors (Lipinski definition) is 2. The summed E-state index contributed by atoms with van der Waals surface area (Å²) in [6.07, 6.45) is 3.75. The number of carbonyl (C=O) groups excluding carboxylic acids is 1. The second-order valence-corrected chi connectivity index (χ2v) is 7.71. The number of hydrogen-bond acceptors (Lipinski definition) is 5. The van der Waals surface area contributed by atoms with Crippen molar-refractivity contribution in [1.82, 2.24) is 9.71 Å². The van der Waals surface area contributed by atoms with Gasteiger partial charge in [0.05, 0.1) is 5.92 Å². The minimum atomic E-state index is -3.55. The fourth-order valence-corrected chi connectivity index (χ4v) is 3.97. The Bertz CT molecular complexity index is 645. The summed E-state index contributed by atoms with van der Waals surface area (Å²) in [4.78, 5) is 17.5. The summed E-state index contributed by atoms with van der Waals surface area (Å²) < 4.78 is 27.2. The van der Waals surface area contributed by atoms with Gasteiger partial charge in [-0.15, -0.1) is 0 Å². The zero-order valence-electron chi connectivity index (χ0n) is 13.5. The van der Waals surface area contributed by atoms with E-state index in [1.807, 2.05) is 18.7 Å². The van der Waals surface area contributed by atoms with Gasteiger partial charge in [0.15, 0.2) is 0 Å². The molecule has 0 unspecified atom stereocenters. The van der Waals surface area contributed by atoms with Crippen molar-refractivity contribution in [2.24, 2.45) is 11.7 Å². The average Bonchev–Trinajstić information content (AvgIpc) is 2.97. The number of carbonyl (C=O) groups is 1. The summed E-state index contributed by atoms with van der Waals surface area (Å²) in [6.45, 7) is 5.08. The molecule has 128 valence electrons. The van der Waals surface area contributed by atoms with Gasteiger partial charge in [-0.3, -0.25) is 4.79 Å². The second-order valence-electron chi connectivity index (χ2n) is 6.00. The van der Waals surface area contributed by atoms with Crippen LogP contribution in [-0.4, -0.2) is 38.4 Å². The normalized spacial score (nSPS) is 19.7. The minimum Gasteiger partial charge on any atom is -0.369 e. The average molecular weight is 340 g/mol. The van der Waals surface area contributed by atoms with Crippen molar-refractivity contribution in [3.05, 3.63) is 18.3 Å². The fraction of sp³-hybridized carbons (Fsp3) is 0.600. The maximum Gasteiger partial charge on any atom is 0.242 e. The second kappa shape index (κ2) is 7.27. The lowest BCUT2D eigenvalue weighted by molar-refractivity contribution is -0.121. The van der Waals surface area contributed by atoms with Crippen molar-refractivity contribution in [1.29, 1.82) is 0 Å². The Hall–Kier alpha value is -1.67. The molecule has 1 fully saturated rings. The van der Waals surface area contributed by atoms with Crippen molar-refractivity contribution >= 4 is 21.7 Å². The van der Waals surface area contributed by atoms with E-state index in [9.17, 15) is 13.2 Å². The van der Waals surface area contributed by atoms with E-state index >= 15 is 0 Å². The number of nitrogens with one attached hydrogen (secondary N) is 1. The minimum absolute atomic E-state index is 0.111. The van der Waals surface area contributed by atoms with Gasteiger partial charge in [-0.05, 0) is 31.9 Å². The first kappa shape index (κ1) is 17.7. The van der Waals surface area contributed by atoms with Gasteiger partial charge in [0.1, 0.15) is 10.7 Å². The molecule has 8 heteroatoms. The number of aromatic nitrogens is 1. The number of rotatable bonds is 7. The van der Waals surface area contributed by atoms with Crippen LogP contribution < -0.4 is 15.4 Å². The van der Waals surface area contributed by atoms with Crippen LogP contribution in [0.15, 0.2) is 23.2 Å². The molecule has 1 aromatic heterocycles.